The molecule has 4 aromatic carbocycles. The van der Waals surface area contributed by atoms with E-state index in [0.29, 0.717) is 0 Å². The minimum absolute atomic E-state index is 1.14. The van der Waals surface area contributed by atoms with E-state index >= 15 is 0 Å². The van der Waals surface area contributed by atoms with E-state index in [9.17, 15) is 0 Å². The smallest absolute Gasteiger partial charge is 0.0307 e. The molecule has 0 aliphatic heterocycles. The Balaban J connectivity index is 0.000000213. The Bertz CT molecular complexity index is 936. The predicted octanol–water partition coefficient (Wildman–Crippen LogP) is 9.16. The molecule has 0 fully saturated rings. The average molecular weight is 425 g/mol. The van der Waals surface area contributed by atoms with Gasteiger partial charge in [0.15, 0.2) is 0 Å². The topological polar surface area (TPSA) is 0 Å². The summed E-state index contributed by atoms with van der Waals surface area (Å²) in [5, 5.41) is 0. The maximum absolute atomic E-state index is 2.17. The number of hydrogen-bond acceptors (Lipinski definition) is 0. The van der Waals surface area contributed by atoms with Gasteiger partial charge in [0.25, 0.3) is 0 Å². The van der Waals surface area contributed by atoms with Gasteiger partial charge < -0.3 is 0 Å². The Morgan fingerprint density at radius 3 is 1.09 bits per heavy atom. The zero-order valence-corrected chi connectivity index (χ0v) is 21.0. The van der Waals surface area contributed by atoms with Gasteiger partial charge in [0, 0.05) is 0 Å². The molecule has 0 bridgehead atoms. The van der Waals surface area contributed by atoms with E-state index in [1.165, 1.54) is 38.9 Å². The normalized spacial score (nSPS) is 9.22. The van der Waals surface area contributed by atoms with Gasteiger partial charge in [0.2, 0.25) is 0 Å². The third-order valence-corrected chi connectivity index (χ3v) is 5.07. The van der Waals surface area contributed by atoms with Gasteiger partial charge in [-0.3, -0.25) is 0 Å². The maximum Gasteiger partial charge on any atom is -0.0307 e. The summed E-state index contributed by atoms with van der Waals surface area (Å²) in [6, 6.07) is 35.7. The standard InChI is InChI=1S/4C8H10/c1-7-3-5-8(2)6-4-7;1-7-4-3-5-8(2)6-7;1-7-5-3-4-6-8(7)2;1-2-8-6-4-3-5-7-8/h3*3-6H,1-2H3;3-7H,2H2,1H3. The SMILES string of the molecule is CCc1ccccc1.Cc1ccc(C)cc1.Cc1cccc(C)c1.Cc1ccccc1C. The first kappa shape index (κ1) is 26.9. The second kappa shape index (κ2) is 15.6. The Morgan fingerprint density at radius 1 is 0.406 bits per heavy atom. The van der Waals surface area contributed by atoms with E-state index in [4.69, 9.17) is 0 Å². The molecule has 0 aromatic heterocycles. The van der Waals surface area contributed by atoms with E-state index in [-0.39, 0.29) is 0 Å². The fourth-order valence-electron chi connectivity index (χ4n) is 2.82. The summed E-state index contributed by atoms with van der Waals surface area (Å²) in [7, 11) is 0. The van der Waals surface area contributed by atoms with Crippen molar-refractivity contribution < 1.29 is 0 Å². The molecule has 0 heteroatoms. The molecule has 0 unspecified atom stereocenters. The molecular weight excluding hydrogens is 384 g/mol. The summed E-state index contributed by atoms with van der Waals surface area (Å²) in [6.07, 6.45) is 1.14. The molecule has 4 aromatic rings. The van der Waals surface area contributed by atoms with E-state index in [1.54, 1.807) is 0 Å². The van der Waals surface area contributed by atoms with Crippen molar-refractivity contribution in [1.29, 1.82) is 0 Å². The highest BCUT2D eigenvalue weighted by Crippen LogP contribution is 2.03. The second-order valence-corrected chi connectivity index (χ2v) is 8.24. The van der Waals surface area contributed by atoms with E-state index < -0.39 is 0 Å². The number of benzene rings is 4. The summed E-state index contributed by atoms with van der Waals surface area (Å²) < 4.78 is 0. The average Bonchev–Trinajstić information content (AvgIpc) is 2.79. The van der Waals surface area contributed by atoms with Crippen LogP contribution in [0.15, 0.2) is 103 Å². The van der Waals surface area contributed by atoms with Crippen molar-refractivity contribution in [2.45, 2.75) is 54.9 Å². The van der Waals surface area contributed by atoms with Crippen LogP contribution in [0.5, 0.6) is 0 Å². The van der Waals surface area contributed by atoms with Crippen molar-refractivity contribution in [3.8, 4) is 0 Å². The third-order valence-electron chi connectivity index (χ3n) is 5.07. The van der Waals surface area contributed by atoms with Crippen LogP contribution in [0.2, 0.25) is 0 Å². The van der Waals surface area contributed by atoms with Gasteiger partial charge in [-0.25, -0.2) is 0 Å². The van der Waals surface area contributed by atoms with E-state index in [0.717, 1.165) is 6.42 Å². The molecular formula is C32H40. The first-order chi connectivity index (χ1) is 15.3. The Hall–Kier alpha value is -3.12. The van der Waals surface area contributed by atoms with Crippen LogP contribution in [0, 0.1) is 41.5 Å². The summed E-state index contributed by atoms with van der Waals surface area (Å²) in [5.74, 6) is 0. The number of rotatable bonds is 1. The largest absolute Gasteiger partial charge is 0.0622 e. The van der Waals surface area contributed by atoms with Gasteiger partial charge in [-0.15, -0.1) is 0 Å². The van der Waals surface area contributed by atoms with Gasteiger partial charge >= 0.3 is 0 Å². The number of aryl methyl sites for hydroxylation is 7. The van der Waals surface area contributed by atoms with Gasteiger partial charge in [-0.05, 0) is 64.7 Å². The molecule has 32 heavy (non-hydrogen) atoms. The van der Waals surface area contributed by atoms with Crippen molar-refractivity contribution in [1.82, 2.24) is 0 Å². The Kier molecular flexibility index (Phi) is 13.2. The molecule has 0 atom stereocenters. The van der Waals surface area contributed by atoms with Gasteiger partial charge in [0.05, 0.1) is 0 Å². The fourth-order valence-corrected chi connectivity index (χ4v) is 2.82. The molecule has 0 heterocycles. The van der Waals surface area contributed by atoms with Crippen LogP contribution in [0.25, 0.3) is 0 Å². The first-order valence-electron chi connectivity index (χ1n) is 11.4. The van der Waals surface area contributed by atoms with Crippen LogP contribution < -0.4 is 0 Å². The minimum Gasteiger partial charge on any atom is -0.0622 e. The van der Waals surface area contributed by atoms with Crippen LogP contribution >= 0.6 is 0 Å². The summed E-state index contributed by atoms with van der Waals surface area (Å²) >= 11 is 0. The monoisotopic (exact) mass is 424 g/mol. The molecule has 0 aliphatic carbocycles. The lowest BCUT2D eigenvalue weighted by molar-refractivity contribution is 1.14. The van der Waals surface area contributed by atoms with Gasteiger partial charge in [-0.2, -0.15) is 0 Å². The minimum atomic E-state index is 1.14. The highest BCUT2D eigenvalue weighted by molar-refractivity contribution is 5.23. The lowest BCUT2D eigenvalue weighted by Gasteiger charge is -1.93. The maximum atomic E-state index is 2.17. The zero-order valence-electron chi connectivity index (χ0n) is 21.0. The molecule has 0 saturated carbocycles. The molecule has 0 amide bonds. The molecule has 4 rings (SSSR count). The van der Waals surface area contributed by atoms with Crippen LogP contribution in [0.4, 0.5) is 0 Å². The summed E-state index contributed by atoms with van der Waals surface area (Å²) in [5.41, 5.74) is 9.48. The van der Waals surface area contributed by atoms with Crippen molar-refractivity contribution in [2.24, 2.45) is 0 Å². The highest BCUT2D eigenvalue weighted by atomic mass is 13.9. The Morgan fingerprint density at radius 2 is 0.812 bits per heavy atom. The van der Waals surface area contributed by atoms with E-state index in [1.807, 2.05) is 6.07 Å². The van der Waals surface area contributed by atoms with Crippen LogP contribution in [-0.2, 0) is 6.42 Å². The molecule has 0 spiro atoms. The molecule has 0 radical (unpaired) electrons. The van der Waals surface area contributed by atoms with Crippen molar-refractivity contribution in [2.75, 3.05) is 0 Å². The second-order valence-electron chi connectivity index (χ2n) is 8.24. The van der Waals surface area contributed by atoms with Gasteiger partial charge in [-0.1, -0.05) is 132 Å². The Labute approximate surface area is 197 Å². The number of hydrogen-bond donors (Lipinski definition) is 0. The zero-order chi connectivity index (χ0) is 23.8. The van der Waals surface area contributed by atoms with E-state index in [2.05, 4.69) is 146 Å². The first-order valence-corrected chi connectivity index (χ1v) is 11.4. The predicted molar refractivity (Wildman–Crippen MR) is 144 cm³/mol. The molecule has 0 nitrogen and oxygen atoms in total. The molecule has 168 valence electrons. The lowest BCUT2D eigenvalue weighted by Crippen LogP contribution is -1.74. The summed E-state index contributed by atoms with van der Waals surface area (Å²) in [6.45, 7) is 14.8. The van der Waals surface area contributed by atoms with Crippen LogP contribution in [0.3, 0.4) is 0 Å². The highest BCUT2D eigenvalue weighted by Gasteiger charge is 1.84. The summed E-state index contributed by atoms with van der Waals surface area (Å²) in [4.78, 5) is 0. The molecule has 0 aliphatic rings. The lowest BCUT2D eigenvalue weighted by atomic mass is 10.1. The third kappa shape index (κ3) is 12.5. The fraction of sp³-hybridized carbons (Fsp3) is 0.250. The van der Waals surface area contributed by atoms with Crippen molar-refractivity contribution >= 4 is 0 Å². The van der Waals surface area contributed by atoms with Gasteiger partial charge in [0.1, 0.15) is 0 Å². The quantitative estimate of drug-likeness (QED) is 0.286. The molecule has 0 N–H and O–H groups in total. The van der Waals surface area contributed by atoms with Crippen LogP contribution in [-0.4, -0.2) is 0 Å². The van der Waals surface area contributed by atoms with Crippen molar-refractivity contribution in [3.63, 3.8) is 0 Å². The molecule has 0 saturated heterocycles. The van der Waals surface area contributed by atoms with Crippen molar-refractivity contribution in [3.05, 3.63) is 142 Å². The van der Waals surface area contributed by atoms with Crippen LogP contribution in [0.1, 0.15) is 45.9 Å².